The lowest BCUT2D eigenvalue weighted by atomic mass is 9.98. The van der Waals surface area contributed by atoms with Gasteiger partial charge in [0.2, 0.25) is 18.0 Å². The minimum Gasteiger partial charge on any atom is -0.504 e. The van der Waals surface area contributed by atoms with Gasteiger partial charge in [-0.1, -0.05) is 35.9 Å². The molecule has 0 saturated carbocycles. The Morgan fingerprint density at radius 2 is 1.54 bits per heavy atom. The Kier molecular flexibility index (Phi) is 13.0. The van der Waals surface area contributed by atoms with Gasteiger partial charge in [0.05, 0.1) is 14.2 Å². The smallest absolute Gasteiger partial charge is 0.357 e. The van der Waals surface area contributed by atoms with Crippen molar-refractivity contribution >= 4 is 24.0 Å². The number of esters is 2. The Bertz CT molecular complexity index is 2230. The second-order valence-corrected chi connectivity index (χ2v) is 13.1. The molecule has 0 unspecified atom stereocenters. The van der Waals surface area contributed by atoms with E-state index in [-0.39, 0.29) is 46.5 Å². The van der Waals surface area contributed by atoms with Crippen molar-refractivity contribution in [3.63, 3.8) is 0 Å². The summed E-state index contributed by atoms with van der Waals surface area (Å²) >= 11 is 0. The maximum Gasteiger partial charge on any atom is 0.357 e. The van der Waals surface area contributed by atoms with Crippen LogP contribution in [0.4, 0.5) is 0 Å². The number of allylic oxidation sites excluding steroid dienone is 3. The molecule has 0 aliphatic carbocycles. The SMILES string of the molecule is C=CCc1cc(OC)c(OC(=O)[C@@H]2Oc3cc(/C=C/C(=O)O[C@@H](Cc4ccc(O)c(O)c4)C(=O)O)ccc3O[C@@H]2c2ccc(O)c(O)c2)c(OC)c1CC=C(C)C. The molecule has 5 rings (SSSR count). The highest BCUT2D eigenvalue weighted by Crippen LogP contribution is 2.46. The number of carbonyl (C=O) groups excluding carboxylic acids is 2. The summed E-state index contributed by atoms with van der Waals surface area (Å²) in [5.41, 5.74) is 3.61. The zero-order chi connectivity index (χ0) is 41.4. The highest BCUT2D eigenvalue weighted by atomic mass is 16.6. The monoisotopic (exact) mass is 782 g/mol. The number of fused-ring (bicyclic) bond motifs is 1. The zero-order valence-electron chi connectivity index (χ0n) is 31.6. The molecule has 57 heavy (non-hydrogen) atoms. The predicted octanol–water partition coefficient (Wildman–Crippen LogP) is 6.50. The number of methoxy groups -OCH3 is 2. The lowest BCUT2D eigenvalue weighted by molar-refractivity contribution is -0.160. The number of hydrogen-bond donors (Lipinski definition) is 5. The molecular weight excluding hydrogens is 740 g/mol. The van der Waals surface area contributed by atoms with Crippen LogP contribution in [0.3, 0.4) is 0 Å². The van der Waals surface area contributed by atoms with Crippen LogP contribution in [0.15, 0.2) is 91.0 Å². The Morgan fingerprint density at radius 3 is 2.18 bits per heavy atom. The number of aliphatic carboxylic acids is 1. The van der Waals surface area contributed by atoms with Gasteiger partial charge in [-0.25, -0.2) is 14.4 Å². The number of carboxylic acids is 1. The summed E-state index contributed by atoms with van der Waals surface area (Å²) in [4.78, 5) is 38.8. The molecule has 0 amide bonds. The fourth-order valence-corrected chi connectivity index (χ4v) is 5.98. The van der Waals surface area contributed by atoms with Crippen molar-refractivity contribution in [1.82, 2.24) is 0 Å². The molecule has 4 aromatic carbocycles. The van der Waals surface area contributed by atoms with Crippen LogP contribution in [0.25, 0.3) is 6.08 Å². The molecule has 14 heteroatoms. The van der Waals surface area contributed by atoms with Crippen molar-refractivity contribution in [3.05, 3.63) is 119 Å². The summed E-state index contributed by atoms with van der Waals surface area (Å²) in [5, 5.41) is 49.3. The molecule has 5 N–H and O–H groups in total. The molecule has 298 valence electrons. The lowest BCUT2D eigenvalue weighted by Gasteiger charge is -2.33. The first-order chi connectivity index (χ1) is 27.2. The third-order valence-corrected chi connectivity index (χ3v) is 8.82. The first-order valence-electron chi connectivity index (χ1n) is 17.6. The second kappa shape index (κ2) is 18.0. The number of phenolic OH excluding ortho intramolecular Hbond substituents is 4. The van der Waals surface area contributed by atoms with Gasteiger partial charge in [0.1, 0.15) is 0 Å². The van der Waals surface area contributed by atoms with Crippen molar-refractivity contribution in [2.75, 3.05) is 14.2 Å². The van der Waals surface area contributed by atoms with E-state index >= 15 is 0 Å². The van der Waals surface area contributed by atoms with Gasteiger partial charge >= 0.3 is 17.9 Å². The molecule has 1 aliphatic rings. The Labute approximate surface area is 328 Å². The topological polar surface area (TPSA) is 208 Å². The molecule has 3 atom stereocenters. The normalized spacial score (nSPS) is 14.9. The highest BCUT2D eigenvalue weighted by Gasteiger charge is 2.41. The highest BCUT2D eigenvalue weighted by molar-refractivity contribution is 5.89. The minimum absolute atomic E-state index is 0.00579. The summed E-state index contributed by atoms with van der Waals surface area (Å²) in [6.45, 7) is 7.77. The van der Waals surface area contributed by atoms with E-state index in [0.717, 1.165) is 28.8 Å². The van der Waals surface area contributed by atoms with Crippen LogP contribution in [0.1, 0.15) is 47.8 Å². The number of carbonyl (C=O) groups is 3. The average molecular weight is 783 g/mol. The molecule has 0 radical (unpaired) electrons. The van der Waals surface area contributed by atoms with Gasteiger partial charge in [0.25, 0.3) is 0 Å². The molecule has 0 bridgehead atoms. The van der Waals surface area contributed by atoms with Gasteiger partial charge in [0, 0.05) is 23.6 Å². The van der Waals surface area contributed by atoms with E-state index in [4.69, 9.17) is 28.4 Å². The molecule has 4 aromatic rings. The van der Waals surface area contributed by atoms with Crippen molar-refractivity contribution < 1.29 is 68.3 Å². The summed E-state index contributed by atoms with van der Waals surface area (Å²) in [6, 6.07) is 14.0. The van der Waals surface area contributed by atoms with Crippen LogP contribution < -0.4 is 23.7 Å². The van der Waals surface area contributed by atoms with Crippen LogP contribution in [-0.4, -0.2) is 69.9 Å². The van der Waals surface area contributed by atoms with Gasteiger partial charge in [-0.2, -0.15) is 0 Å². The zero-order valence-corrected chi connectivity index (χ0v) is 31.6. The van der Waals surface area contributed by atoms with Crippen LogP contribution in [-0.2, 0) is 38.4 Å². The van der Waals surface area contributed by atoms with Gasteiger partial charge in [-0.15, -0.1) is 6.58 Å². The maximum absolute atomic E-state index is 14.2. The fraction of sp³-hybridized carbons (Fsp3) is 0.233. The van der Waals surface area contributed by atoms with Crippen LogP contribution >= 0.6 is 0 Å². The van der Waals surface area contributed by atoms with Gasteiger partial charge < -0.3 is 54.0 Å². The van der Waals surface area contributed by atoms with E-state index < -0.39 is 53.5 Å². The molecular formula is C43H42O14. The lowest BCUT2D eigenvalue weighted by Crippen LogP contribution is -2.42. The van der Waals surface area contributed by atoms with Crippen LogP contribution in [0.2, 0.25) is 0 Å². The number of carboxylic acid groups (broad SMARTS) is 1. The summed E-state index contributed by atoms with van der Waals surface area (Å²) in [5.74, 6) is -4.30. The van der Waals surface area contributed by atoms with Crippen molar-refractivity contribution in [3.8, 4) is 51.7 Å². The number of phenols is 4. The van der Waals surface area contributed by atoms with E-state index in [1.807, 2.05) is 19.9 Å². The Morgan fingerprint density at radius 1 is 0.825 bits per heavy atom. The maximum atomic E-state index is 14.2. The fourth-order valence-electron chi connectivity index (χ4n) is 5.98. The molecule has 0 fully saturated rings. The number of benzene rings is 4. The summed E-state index contributed by atoms with van der Waals surface area (Å²) in [7, 11) is 2.87. The number of rotatable bonds is 15. The first-order valence-corrected chi connectivity index (χ1v) is 17.6. The van der Waals surface area contributed by atoms with Crippen molar-refractivity contribution in [2.24, 2.45) is 0 Å². The average Bonchev–Trinajstić information content (AvgIpc) is 3.18. The summed E-state index contributed by atoms with van der Waals surface area (Å²) < 4.78 is 35.1. The van der Waals surface area contributed by atoms with E-state index in [2.05, 4.69) is 6.58 Å². The quantitative estimate of drug-likeness (QED) is 0.0287. The summed E-state index contributed by atoms with van der Waals surface area (Å²) in [6.07, 6.45) is 2.43. The molecule has 0 aromatic heterocycles. The third-order valence-electron chi connectivity index (χ3n) is 8.82. The standard InChI is InChI=1S/C43H42O14/c1-6-7-26-22-35(52-4)40(39(53-5)28(26)13-8-23(2)3)57-43(51)41-38(27-12-15-30(45)32(47)21-27)55-33-16-10-24(19-34(33)56-41)11-17-37(48)54-36(42(49)50)20-25-9-14-29(44)31(46)18-25/h6,8-12,14-19,21-22,36,38,41,44-47H,1,7,13,20H2,2-5H3,(H,49,50)/b17-11+/t36-,38+,41+/m0/s1. The van der Waals surface area contributed by atoms with E-state index in [0.29, 0.717) is 24.0 Å². The van der Waals surface area contributed by atoms with Crippen LogP contribution in [0.5, 0.6) is 51.7 Å². The van der Waals surface area contributed by atoms with Crippen LogP contribution in [0, 0.1) is 0 Å². The Balaban J connectivity index is 1.45. The second-order valence-electron chi connectivity index (χ2n) is 13.1. The van der Waals surface area contributed by atoms with Gasteiger partial charge in [-0.05, 0) is 91.9 Å². The largest absolute Gasteiger partial charge is 0.504 e. The number of aromatic hydroxyl groups is 4. The Hall–Kier alpha value is -7.09. The molecule has 14 nitrogen and oxygen atoms in total. The van der Waals surface area contributed by atoms with E-state index in [1.165, 1.54) is 62.8 Å². The van der Waals surface area contributed by atoms with E-state index in [1.54, 1.807) is 18.2 Å². The van der Waals surface area contributed by atoms with Crippen molar-refractivity contribution in [2.45, 2.75) is 51.4 Å². The predicted molar refractivity (Wildman–Crippen MR) is 206 cm³/mol. The third kappa shape index (κ3) is 9.78. The minimum atomic E-state index is -1.60. The van der Waals surface area contributed by atoms with Gasteiger partial charge in [0.15, 0.2) is 52.1 Å². The van der Waals surface area contributed by atoms with E-state index in [9.17, 15) is 39.9 Å². The molecule has 1 heterocycles. The number of hydrogen-bond acceptors (Lipinski definition) is 13. The van der Waals surface area contributed by atoms with Gasteiger partial charge in [-0.3, -0.25) is 0 Å². The molecule has 0 saturated heterocycles. The van der Waals surface area contributed by atoms with Crippen molar-refractivity contribution in [1.29, 1.82) is 0 Å². The molecule has 1 aliphatic heterocycles. The molecule has 0 spiro atoms. The number of ether oxygens (including phenoxy) is 6. The first kappa shape index (κ1) is 41.1.